The summed E-state index contributed by atoms with van der Waals surface area (Å²) in [4.78, 5) is 11.3. The minimum atomic E-state index is -0.616. The average molecular weight is 291 g/mol. The fraction of sp³-hybridized carbons (Fsp3) is 0.133. The Morgan fingerprint density at radius 2 is 2.05 bits per heavy atom. The van der Waals surface area contributed by atoms with Crippen LogP contribution in [-0.2, 0) is 11.2 Å². The van der Waals surface area contributed by atoms with Crippen molar-refractivity contribution in [2.24, 2.45) is 5.73 Å². The third kappa shape index (κ3) is 2.28. The summed E-state index contributed by atoms with van der Waals surface area (Å²) in [6.07, 6.45) is 0.327. The normalized spacial score (nSPS) is 14.8. The Morgan fingerprint density at radius 3 is 2.85 bits per heavy atom. The van der Waals surface area contributed by atoms with Crippen molar-refractivity contribution in [1.82, 2.24) is 0 Å². The molecule has 0 saturated carbocycles. The molecule has 0 spiro atoms. The first-order valence-electron chi connectivity index (χ1n) is 6.18. The smallest absolute Gasteiger partial charge is 0.228 e. The van der Waals surface area contributed by atoms with Crippen LogP contribution in [0.15, 0.2) is 36.4 Å². The Morgan fingerprint density at radius 1 is 1.25 bits per heavy atom. The van der Waals surface area contributed by atoms with Gasteiger partial charge in [0.25, 0.3) is 0 Å². The van der Waals surface area contributed by atoms with Gasteiger partial charge in [0.1, 0.15) is 5.82 Å². The van der Waals surface area contributed by atoms with E-state index in [1.165, 1.54) is 18.2 Å². The molecule has 0 aromatic heterocycles. The van der Waals surface area contributed by atoms with Gasteiger partial charge in [0.15, 0.2) is 0 Å². The van der Waals surface area contributed by atoms with Crippen molar-refractivity contribution >= 4 is 23.2 Å². The van der Waals surface area contributed by atoms with Crippen LogP contribution in [0.2, 0.25) is 5.02 Å². The molecule has 0 aliphatic carbocycles. The Kier molecular flexibility index (Phi) is 3.20. The lowest BCUT2D eigenvalue weighted by molar-refractivity contribution is -0.115. The zero-order chi connectivity index (χ0) is 14.3. The van der Waals surface area contributed by atoms with Crippen LogP contribution in [0.3, 0.4) is 0 Å². The molecule has 20 heavy (non-hydrogen) atoms. The van der Waals surface area contributed by atoms with E-state index in [0.717, 1.165) is 16.8 Å². The lowest BCUT2D eigenvalue weighted by Gasteiger charge is -2.15. The fourth-order valence-corrected chi connectivity index (χ4v) is 2.56. The summed E-state index contributed by atoms with van der Waals surface area (Å²) in [6.45, 7) is 0. The van der Waals surface area contributed by atoms with Crippen molar-refractivity contribution in [1.29, 1.82) is 0 Å². The number of rotatable bonds is 2. The summed E-state index contributed by atoms with van der Waals surface area (Å²) in [6, 6.07) is 9.10. The van der Waals surface area contributed by atoms with Gasteiger partial charge in [0.2, 0.25) is 5.91 Å². The number of fused-ring (bicyclic) bond motifs is 1. The van der Waals surface area contributed by atoms with Crippen molar-refractivity contribution in [3.8, 4) is 0 Å². The van der Waals surface area contributed by atoms with Crippen LogP contribution in [-0.4, -0.2) is 5.91 Å². The number of hydrogen-bond acceptors (Lipinski definition) is 2. The average Bonchev–Trinajstić information content (AvgIpc) is 2.79. The van der Waals surface area contributed by atoms with Crippen LogP contribution in [0.1, 0.15) is 22.7 Å². The van der Waals surface area contributed by atoms with Gasteiger partial charge in [-0.2, -0.15) is 0 Å². The molecular formula is C15H12ClFN2O. The Balaban J connectivity index is 1.99. The molecule has 3 rings (SSSR count). The lowest BCUT2D eigenvalue weighted by atomic mass is 9.97. The van der Waals surface area contributed by atoms with Crippen LogP contribution < -0.4 is 11.1 Å². The van der Waals surface area contributed by atoms with Gasteiger partial charge < -0.3 is 11.1 Å². The molecule has 1 heterocycles. The summed E-state index contributed by atoms with van der Waals surface area (Å²) in [5, 5.41) is 3.19. The molecule has 0 fully saturated rings. The van der Waals surface area contributed by atoms with Gasteiger partial charge in [-0.25, -0.2) is 4.39 Å². The first-order valence-corrected chi connectivity index (χ1v) is 6.55. The van der Waals surface area contributed by atoms with Crippen LogP contribution in [0, 0.1) is 5.82 Å². The first kappa shape index (κ1) is 13.1. The van der Waals surface area contributed by atoms with Gasteiger partial charge >= 0.3 is 0 Å². The van der Waals surface area contributed by atoms with Gasteiger partial charge in [-0.3, -0.25) is 4.79 Å². The largest absolute Gasteiger partial charge is 0.326 e. The molecule has 2 aromatic carbocycles. The summed E-state index contributed by atoms with van der Waals surface area (Å²) in [7, 11) is 0. The third-order valence-electron chi connectivity index (χ3n) is 3.41. The number of benzene rings is 2. The minimum absolute atomic E-state index is 0.0420. The second-order valence-corrected chi connectivity index (χ2v) is 5.22. The summed E-state index contributed by atoms with van der Waals surface area (Å²) >= 11 is 5.88. The fourth-order valence-electron chi connectivity index (χ4n) is 2.38. The monoisotopic (exact) mass is 290 g/mol. The van der Waals surface area contributed by atoms with E-state index in [0.29, 0.717) is 17.0 Å². The number of hydrogen-bond donors (Lipinski definition) is 2. The molecule has 0 radical (unpaired) electrons. The van der Waals surface area contributed by atoms with E-state index in [1.54, 1.807) is 12.1 Å². The van der Waals surface area contributed by atoms with Crippen LogP contribution >= 0.6 is 11.6 Å². The summed E-state index contributed by atoms with van der Waals surface area (Å²) in [5.41, 5.74) is 8.87. The minimum Gasteiger partial charge on any atom is -0.326 e. The van der Waals surface area contributed by atoms with Gasteiger partial charge in [-0.1, -0.05) is 23.7 Å². The lowest BCUT2D eigenvalue weighted by Crippen LogP contribution is -2.13. The van der Waals surface area contributed by atoms with E-state index in [9.17, 15) is 9.18 Å². The Bertz CT molecular complexity index is 702. The van der Waals surface area contributed by atoms with Crippen LogP contribution in [0.4, 0.5) is 10.1 Å². The standard InChI is InChI=1S/C15H12ClFN2O/c16-10-2-3-12(17)11(7-10)15(18)8-1-4-13-9(5-8)6-14(20)19-13/h1-5,7,15H,6,18H2,(H,19,20). The summed E-state index contributed by atoms with van der Waals surface area (Å²) in [5.74, 6) is -0.434. The predicted octanol–water partition coefficient (Wildman–Crippen LogP) is 3.02. The zero-order valence-corrected chi connectivity index (χ0v) is 11.2. The first-order chi connectivity index (χ1) is 9.54. The van der Waals surface area contributed by atoms with E-state index in [2.05, 4.69) is 5.32 Å². The van der Waals surface area contributed by atoms with Crippen molar-refractivity contribution in [2.75, 3.05) is 5.32 Å². The number of carbonyl (C=O) groups is 1. The number of nitrogens with two attached hydrogens (primary N) is 1. The maximum atomic E-state index is 13.8. The molecule has 1 aliphatic rings. The maximum absolute atomic E-state index is 13.8. The van der Waals surface area contributed by atoms with Gasteiger partial charge in [-0.15, -0.1) is 0 Å². The third-order valence-corrected chi connectivity index (χ3v) is 3.64. The highest BCUT2D eigenvalue weighted by Crippen LogP contribution is 2.30. The zero-order valence-electron chi connectivity index (χ0n) is 10.5. The SMILES string of the molecule is NC(c1ccc2c(c1)CC(=O)N2)c1cc(Cl)ccc1F. The molecule has 0 bridgehead atoms. The Hall–Kier alpha value is -1.91. The maximum Gasteiger partial charge on any atom is 0.228 e. The molecule has 1 aliphatic heterocycles. The van der Waals surface area contributed by atoms with Crippen LogP contribution in [0.5, 0.6) is 0 Å². The van der Waals surface area contributed by atoms with E-state index in [1.807, 2.05) is 6.07 Å². The number of halogens is 2. The second-order valence-electron chi connectivity index (χ2n) is 4.79. The van der Waals surface area contributed by atoms with Crippen LogP contribution in [0.25, 0.3) is 0 Å². The highest BCUT2D eigenvalue weighted by Gasteiger charge is 2.20. The van der Waals surface area contributed by atoms with E-state index in [4.69, 9.17) is 17.3 Å². The molecule has 1 amide bonds. The van der Waals surface area contributed by atoms with Crippen molar-refractivity contribution in [3.63, 3.8) is 0 Å². The molecule has 2 aromatic rings. The highest BCUT2D eigenvalue weighted by molar-refractivity contribution is 6.30. The second kappa shape index (κ2) is 4.89. The van der Waals surface area contributed by atoms with Crippen molar-refractivity contribution in [2.45, 2.75) is 12.5 Å². The summed E-state index contributed by atoms with van der Waals surface area (Å²) < 4.78 is 13.8. The molecule has 102 valence electrons. The highest BCUT2D eigenvalue weighted by atomic mass is 35.5. The Labute approximate surface area is 120 Å². The molecule has 3 nitrogen and oxygen atoms in total. The predicted molar refractivity (Wildman–Crippen MR) is 76.2 cm³/mol. The molecular weight excluding hydrogens is 279 g/mol. The molecule has 3 N–H and O–H groups in total. The molecule has 1 unspecified atom stereocenters. The van der Waals surface area contributed by atoms with E-state index >= 15 is 0 Å². The van der Waals surface area contributed by atoms with Crippen molar-refractivity contribution < 1.29 is 9.18 Å². The topological polar surface area (TPSA) is 55.1 Å². The number of amides is 1. The number of carbonyl (C=O) groups excluding carboxylic acids is 1. The number of nitrogens with one attached hydrogen (secondary N) is 1. The molecule has 0 saturated heterocycles. The molecule has 5 heteroatoms. The quantitative estimate of drug-likeness (QED) is 0.893. The van der Waals surface area contributed by atoms with Crippen molar-refractivity contribution in [3.05, 3.63) is 63.9 Å². The van der Waals surface area contributed by atoms with E-state index < -0.39 is 11.9 Å². The number of anilines is 1. The van der Waals surface area contributed by atoms with Gasteiger partial charge in [0, 0.05) is 16.3 Å². The molecule has 1 atom stereocenters. The van der Waals surface area contributed by atoms with E-state index in [-0.39, 0.29) is 5.91 Å². The van der Waals surface area contributed by atoms with Gasteiger partial charge in [-0.05, 0) is 35.4 Å². The van der Waals surface area contributed by atoms with Gasteiger partial charge in [0.05, 0.1) is 12.5 Å².